The topological polar surface area (TPSA) is 73.1 Å². The van der Waals surface area contributed by atoms with Gasteiger partial charge in [0, 0.05) is 11.1 Å². The van der Waals surface area contributed by atoms with Crippen LogP contribution in [0.2, 0.25) is 10.0 Å². The fourth-order valence-corrected chi connectivity index (χ4v) is 1.47. The molecule has 0 aliphatic rings. The molecule has 1 aromatic heterocycles. The lowest BCUT2D eigenvalue weighted by Crippen LogP contribution is -2.11. The maximum absolute atomic E-state index is 13.4. The summed E-state index contributed by atoms with van der Waals surface area (Å²) in [7, 11) is 0. The van der Waals surface area contributed by atoms with Gasteiger partial charge < -0.3 is 4.74 Å². The lowest BCUT2D eigenvalue weighted by atomic mass is 10.3. The molecule has 0 spiro atoms. The average molecular weight is 289 g/mol. The smallest absolute Gasteiger partial charge is 0.260 e. The zero-order valence-corrected chi connectivity index (χ0v) is 10.3. The molecular weight excluding hydrogens is 282 g/mol. The molecule has 0 aliphatic heterocycles. The number of benzene rings is 1. The highest BCUT2D eigenvalue weighted by molar-refractivity contribution is 6.34. The van der Waals surface area contributed by atoms with E-state index in [2.05, 4.69) is 15.4 Å². The van der Waals surface area contributed by atoms with Gasteiger partial charge in [0.15, 0.2) is 0 Å². The second kappa shape index (κ2) is 5.34. The normalized spacial score (nSPS) is 10.2. The quantitative estimate of drug-likeness (QED) is 0.671. The second-order valence-electron chi connectivity index (χ2n) is 3.17. The summed E-state index contributed by atoms with van der Waals surface area (Å²) in [6.07, 6.45) is 0.927. The number of halogens is 3. The summed E-state index contributed by atoms with van der Waals surface area (Å²) in [5.74, 6) is 4.27. The predicted octanol–water partition coefficient (Wildman–Crippen LogP) is 3.00. The van der Waals surface area contributed by atoms with Gasteiger partial charge in [-0.2, -0.15) is 9.37 Å². The molecule has 0 bridgehead atoms. The Kier molecular flexibility index (Phi) is 3.81. The molecule has 0 radical (unpaired) electrons. The Labute approximate surface area is 112 Å². The van der Waals surface area contributed by atoms with Crippen LogP contribution < -0.4 is 16.0 Å². The molecule has 1 aromatic carbocycles. The molecule has 18 heavy (non-hydrogen) atoms. The third kappa shape index (κ3) is 2.79. The van der Waals surface area contributed by atoms with E-state index in [0.717, 1.165) is 6.20 Å². The van der Waals surface area contributed by atoms with Crippen LogP contribution in [0.4, 0.5) is 10.3 Å². The second-order valence-corrected chi connectivity index (χ2v) is 4.01. The Morgan fingerprint density at radius 1 is 1.33 bits per heavy atom. The van der Waals surface area contributed by atoms with Crippen molar-refractivity contribution in [3.05, 3.63) is 40.3 Å². The first-order chi connectivity index (χ1) is 8.60. The van der Waals surface area contributed by atoms with Crippen molar-refractivity contribution in [2.24, 2.45) is 5.84 Å². The van der Waals surface area contributed by atoms with Crippen LogP contribution in [0.25, 0.3) is 0 Å². The highest BCUT2D eigenvalue weighted by Crippen LogP contribution is 2.32. The Hall–Kier alpha value is -1.63. The third-order valence-corrected chi connectivity index (χ3v) is 2.49. The van der Waals surface area contributed by atoms with Gasteiger partial charge in [0.05, 0.1) is 11.2 Å². The maximum Gasteiger partial charge on any atom is 0.260 e. The summed E-state index contributed by atoms with van der Waals surface area (Å²) >= 11 is 11.7. The Balaban J connectivity index is 2.36. The SMILES string of the molecule is NNc1ncc(F)c(Oc2cc(Cl)ccc2Cl)n1. The number of hydrazine groups is 1. The minimum atomic E-state index is -0.745. The van der Waals surface area contributed by atoms with E-state index in [4.69, 9.17) is 33.8 Å². The molecule has 3 N–H and O–H groups in total. The third-order valence-electron chi connectivity index (χ3n) is 1.94. The summed E-state index contributed by atoms with van der Waals surface area (Å²) in [5, 5.41) is 0.681. The molecule has 0 saturated heterocycles. The molecular formula is C10H7Cl2FN4O. The number of hydrogen-bond donors (Lipinski definition) is 2. The van der Waals surface area contributed by atoms with Crippen molar-refractivity contribution in [2.45, 2.75) is 0 Å². The number of aromatic nitrogens is 2. The number of nitrogens with two attached hydrogens (primary N) is 1. The van der Waals surface area contributed by atoms with Gasteiger partial charge in [-0.3, -0.25) is 5.43 Å². The van der Waals surface area contributed by atoms with Gasteiger partial charge in [0.25, 0.3) is 5.88 Å². The molecule has 1 heterocycles. The number of nitrogen functional groups attached to an aromatic ring is 1. The number of nitrogens with one attached hydrogen (secondary N) is 1. The van der Waals surface area contributed by atoms with Crippen LogP contribution in [-0.2, 0) is 0 Å². The minimum absolute atomic E-state index is 0.0181. The van der Waals surface area contributed by atoms with Crippen LogP contribution in [0.5, 0.6) is 11.6 Å². The zero-order chi connectivity index (χ0) is 13.1. The lowest BCUT2D eigenvalue weighted by molar-refractivity contribution is 0.421. The van der Waals surface area contributed by atoms with E-state index >= 15 is 0 Å². The van der Waals surface area contributed by atoms with E-state index in [1.165, 1.54) is 12.1 Å². The van der Waals surface area contributed by atoms with Gasteiger partial charge in [-0.05, 0) is 12.1 Å². The predicted molar refractivity (Wildman–Crippen MR) is 66.3 cm³/mol. The molecule has 94 valence electrons. The van der Waals surface area contributed by atoms with Crippen LogP contribution in [-0.4, -0.2) is 9.97 Å². The molecule has 8 heteroatoms. The monoisotopic (exact) mass is 288 g/mol. The summed E-state index contributed by atoms with van der Waals surface area (Å²) in [6, 6.07) is 4.56. The molecule has 0 saturated carbocycles. The van der Waals surface area contributed by atoms with Crippen molar-refractivity contribution in [2.75, 3.05) is 5.43 Å². The average Bonchev–Trinajstić information content (AvgIpc) is 2.36. The van der Waals surface area contributed by atoms with Crippen LogP contribution in [0.15, 0.2) is 24.4 Å². The van der Waals surface area contributed by atoms with Crippen molar-refractivity contribution >= 4 is 29.2 Å². The van der Waals surface area contributed by atoms with E-state index in [-0.39, 0.29) is 22.6 Å². The summed E-state index contributed by atoms with van der Waals surface area (Å²) < 4.78 is 18.7. The van der Waals surface area contributed by atoms with E-state index < -0.39 is 5.82 Å². The largest absolute Gasteiger partial charge is 0.435 e. The summed E-state index contributed by atoms with van der Waals surface area (Å²) in [5.41, 5.74) is 2.18. The number of ether oxygens (including phenoxy) is 1. The fraction of sp³-hybridized carbons (Fsp3) is 0. The molecule has 0 unspecified atom stereocenters. The number of rotatable bonds is 3. The molecule has 2 aromatic rings. The van der Waals surface area contributed by atoms with Gasteiger partial charge in [0.2, 0.25) is 11.8 Å². The standard InChI is InChI=1S/C10H7Cl2FN4O/c11-5-1-2-6(12)8(3-5)18-9-7(13)4-15-10(16-9)17-14/h1-4H,14H2,(H,15,16,17). The van der Waals surface area contributed by atoms with E-state index in [0.29, 0.717) is 5.02 Å². The highest BCUT2D eigenvalue weighted by Gasteiger charge is 2.11. The maximum atomic E-state index is 13.4. The molecule has 2 rings (SSSR count). The van der Waals surface area contributed by atoms with Crippen molar-refractivity contribution in [1.82, 2.24) is 9.97 Å². The summed E-state index contributed by atoms with van der Waals surface area (Å²) in [6.45, 7) is 0. The Morgan fingerprint density at radius 3 is 2.83 bits per heavy atom. The molecule has 0 amide bonds. The van der Waals surface area contributed by atoms with Gasteiger partial charge in [-0.25, -0.2) is 10.8 Å². The first kappa shape index (κ1) is 12.8. The van der Waals surface area contributed by atoms with Gasteiger partial charge >= 0.3 is 0 Å². The van der Waals surface area contributed by atoms with E-state index in [9.17, 15) is 4.39 Å². The van der Waals surface area contributed by atoms with Crippen LogP contribution in [0.3, 0.4) is 0 Å². The minimum Gasteiger partial charge on any atom is -0.435 e. The zero-order valence-electron chi connectivity index (χ0n) is 8.82. The van der Waals surface area contributed by atoms with Crippen LogP contribution in [0, 0.1) is 5.82 Å². The van der Waals surface area contributed by atoms with Crippen molar-refractivity contribution in [3.63, 3.8) is 0 Å². The fourth-order valence-electron chi connectivity index (χ4n) is 1.15. The van der Waals surface area contributed by atoms with E-state index in [1.54, 1.807) is 6.07 Å². The Morgan fingerprint density at radius 2 is 2.11 bits per heavy atom. The molecule has 0 fully saturated rings. The number of anilines is 1. The van der Waals surface area contributed by atoms with Gasteiger partial charge in [-0.15, -0.1) is 0 Å². The van der Waals surface area contributed by atoms with Crippen LogP contribution >= 0.6 is 23.2 Å². The number of hydrogen-bond acceptors (Lipinski definition) is 5. The van der Waals surface area contributed by atoms with E-state index in [1.807, 2.05) is 0 Å². The van der Waals surface area contributed by atoms with Crippen molar-refractivity contribution in [1.29, 1.82) is 0 Å². The number of nitrogens with zero attached hydrogens (tertiary/aromatic N) is 2. The van der Waals surface area contributed by atoms with Crippen molar-refractivity contribution < 1.29 is 9.13 Å². The van der Waals surface area contributed by atoms with Gasteiger partial charge in [0.1, 0.15) is 5.75 Å². The van der Waals surface area contributed by atoms with Crippen LogP contribution in [0.1, 0.15) is 0 Å². The Bertz CT molecular complexity index is 582. The molecule has 5 nitrogen and oxygen atoms in total. The first-order valence-corrected chi connectivity index (χ1v) is 5.48. The molecule has 0 atom stereocenters. The molecule has 0 aliphatic carbocycles. The highest BCUT2D eigenvalue weighted by atomic mass is 35.5. The van der Waals surface area contributed by atoms with Crippen molar-refractivity contribution in [3.8, 4) is 11.6 Å². The first-order valence-electron chi connectivity index (χ1n) is 4.72. The summed E-state index contributed by atoms with van der Waals surface area (Å²) in [4.78, 5) is 7.29. The lowest BCUT2D eigenvalue weighted by Gasteiger charge is -2.08. The van der Waals surface area contributed by atoms with Gasteiger partial charge in [-0.1, -0.05) is 23.2 Å².